The van der Waals surface area contributed by atoms with Gasteiger partial charge >= 0.3 is 0 Å². The van der Waals surface area contributed by atoms with Gasteiger partial charge in [0.25, 0.3) is 0 Å². The van der Waals surface area contributed by atoms with Crippen molar-refractivity contribution in [3.05, 3.63) is 6.33 Å². The van der Waals surface area contributed by atoms with Gasteiger partial charge in [-0.2, -0.15) is 9.97 Å². The Hall–Kier alpha value is -1.93. The summed E-state index contributed by atoms with van der Waals surface area (Å²) in [6.45, 7) is 7.60. The summed E-state index contributed by atoms with van der Waals surface area (Å²) in [6.07, 6.45) is 1.79. The van der Waals surface area contributed by atoms with Crippen molar-refractivity contribution in [3.8, 4) is 0 Å². The number of morpholine rings is 1. The topological polar surface area (TPSA) is 88.3 Å². The van der Waals surface area contributed by atoms with Crippen molar-refractivity contribution in [1.29, 1.82) is 0 Å². The maximum Gasteiger partial charge on any atom is 0.229 e. The smallest absolute Gasteiger partial charge is 0.229 e. The van der Waals surface area contributed by atoms with Crippen LogP contribution >= 0.6 is 0 Å². The van der Waals surface area contributed by atoms with E-state index in [0.29, 0.717) is 31.5 Å². The zero-order valence-corrected chi connectivity index (χ0v) is 13.0. The summed E-state index contributed by atoms with van der Waals surface area (Å²) in [5.41, 5.74) is 1.55. The van der Waals surface area contributed by atoms with Crippen molar-refractivity contribution in [2.75, 3.05) is 49.7 Å². The van der Waals surface area contributed by atoms with Crippen LogP contribution in [0.1, 0.15) is 19.9 Å². The van der Waals surface area contributed by atoms with E-state index in [9.17, 15) is 0 Å². The lowest BCUT2D eigenvalue weighted by Gasteiger charge is -2.27. The molecule has 1 fully saturated rings. The number of nitrogens with one attached hydrogen (secondary N) is 1. The second-order valence-electron chi connectivity index (χ2n) is 5.54. The van der Waals surface area contributed by atoms with Crippen LogP contribution in [0.25, 0.3) is 11.2 Å². The Morgan fingerprint density at radius 1 is 1.32 bits per heavy atom. The van der Waals surface area contributed by atoms with Gasteiger partial charge in [-0.05, 0) is 13.8 Å². The number of nitrogens with zero attached hydrogens (tertiary/aromatic N) is 5. The van der Waals surface area contributed by atoms with E-state index in [1.54, 1.807) is 6.33 Å². The van der Waals surface area contributed by atoms with Crippen LogP contribution in [0.3, 0.4) is 0 Å². The van der Waals surface area contributed by atoms with Gasteiger partial charge in [-0.3, -0.25) is 0 Å². The average Bonchev–Trinajstić information content (AvgIpc) is 2.97. The Balaban J connectivity index is 2.05. The highest BCUT2D eigenvalue weighted by Crippen LogP contribution is 2.24. The Kier molecular flexibility index (Phi) is 4.39. The molecule has 1 saturated heterocycles. The molecule has 0 unspecified atom stereocenters. The van der Waals surface area contributed by atoms with Crippen molar-refractivity contribution in [2.45, 2.75) is 19.9 Å². The molecule has 2 aromatic heterocycles. The van der Waals surface area contributed by atoms with Crippen molar-refractivity contribution in [3.63, 3.8) is 0 Å². The molecular weight excluding hydrogens is 284 g/mol. The van der Waals surface area contributed by atoms with Crippen LogP contribution < -0.4 is 10.2 Å². The van der Waals surface area contributed by atoms with Gasteiger partial charge < -0.3 is 24.6 Å². The van der Waals surface area contributed by atoms with Crippen LogP contribution in [0.2, 0.25) is 0 Å². The molecule has 2 N–H and O–H groups in total. The molecule has 2 aromatic rings. The summed E-state index contributed by atoms with van der Waals surface area (Å²) in [7, 11) is 0. The van der Waals surface area contributed by atoms with Crippen LogP contribution in [-0.2, 0) is 4.74 Å². The maximum absolute atomic E-state index is 9.05. The number of imidazole rings is 1. The molecule has 8 heteroatoms. The zero-order valence-electron chi connectivity index (χ0n) is 13.0. The second-order valence-corrected chi connectivity index (χ2v) is 5.54. The standard InChI is InChI=1S/C14H22N6O2/c1-10(2)20-9-16-11-12(15-3-6-21)17-14(18-13(11)20)19-4-7-22-8-5-19/h9-10,21H,3-8H2,1-2H3,(H,15,17,18). The number of aliphatic hydroxyl groups is 1. The molecule has 22 heavy (non-hydrogen) atoms. The maximum atomic E-state index is 9.05. The molecule has 120 valence electrons. The first-order chi connectivity index (χ1) is 10.7. The Morgan fingerprint density at radius 3 is 2.77 bits per heavy atom. The molecular formula is C14H22N6O2. The predicted octanol–water partition coefficient (Wildman–Crippen LogP) is 0.648. The molecule has 0 amide bonds. The van der Waals surface area contributed by atoms with Crippen LogP contribution in [0, 0.1) is 0 Å². The fourth-order valence-electron chi connectivity index (χ4n) is 2.49. The molecule has 0 atom stereocenters. The van der Waals surface area contributed by atoms with Gasteiger partial charge in [0, 0.05) is 25.7 Å². The summed E-state index contributed by atoms with van der Waals surface area (Å²) in [5, 5.41) is 12.2. The highest BCUT2D eigenvalue weighted by atomic mass is 16.5. The van der Waals surface area contributed by atoms with E-state index in [1.165, 1.54) is 0 Å². The summed E-state index contributed by atoms with van der Waals surface area (Å²) in [6, 6.07) is 0.267. The van der Waals surface area contributed by atoms with E-state index >= 15 is 0 Å². The predicted molar refractivity (Wildman–Crippen MR) is 84.3 cm³/mol. The third-order valence-corrected chi connectivity index (χ3v) is 3.66. The Morgan fingerprint density at radius 2 is 2.09 bits per heavy atom. The van der Waals surface area contributed by atoms with Crippen LogP contribution in [0.15, 0.2) is 6.33 Å². The minimum atomic E-state index is 0.0449. The van der Waals surface area contributed by atoms with E-state index in [4.69, 9.17) is 14.8 Å². The second kappa shape index (κ2) is 6.45. The molecule has 3 heterocycles. The van der Waals surface area contributed by atoms with Gasteiger partial charge in [0.15, 0.2) is 17.0 Å². The minimum Gasteiger partial charge on any atom is -0.395 e. The number of aromatic nitrogens is 4. The third-order valence-electron chi connectivity index (χ3n) is 3.66. The van der Waals surface area contributed by atoms with E-state index in [0.717, 1.165) is 24.3 Å². The highest BCUT2D eigenvalue weighted by Gasteiger charge is 2.19. The number of hydrogen-bond donors (Lipinski definition) is 2. The lowest BCUT2D eigenvalue weighted by molar-refractivity contribution is 0.122. The van der Waals surface area contributed by atoms with Crippen molar-refractivity contribution in [1.82, 2.24) is 19.5 Å². The monoisotopic (exact) mass is 306 g/mol. The van der Waals surface area contributed by atoms with E-state index in [2.05, 4.69) is 34.0 Å². The quantitative estimate of drug-likeness (QED) is 0.838. The van der Waals surface area contributed by atoms with Crippen molar-refractivity contribution in [2.24, 2.45) is 0 Å². The molecule has 8 nitrogen and oxygen atoms in total. The summed E-state index contributed by atoms with van der Waals surface area (Å²) in [5.74, 6) is 1.35. The van der Waals surface area contributed by atoms with Gasteiger partial charge in [-0.1, -0.05) is 0 Å². The summed E-state index contributed by atoms with van der Waals surface area (Å²) < 4.78 is 7.42. The van der Waals surface area contributed by atoms with E-state index in [-0.39, 0.29) is 12.6 Å². The molecule has 0 bridgehead atoms. The van der Waals surface area contributed by atoms with Gasteiger partial charge in [0.1, 0.15) is 0 Å². The van der Waals surface area contributed by atoms with Crippen LogP contribution in [0.4, 0.5) is 11.8 Å². The average molecular weight is 306 g/mol. The van der Waals surface area contributed by atoms with Crippen LogP contribution in [0.5, 0.6) is 0 Å². The number of fused-ring (bicyclic) bond motifs is 1. The Labute approximate surface area is 129 Å². The fraction of sp³-hybridized carbons (Fsp3) is 0.643. The zero-order chi connectivity index (χ0) is 15.5. The van der Waals surface area contributed by atoms with Crippen molar-refractivity contribution >= 4 is 22.9 Å². The molecule has 0 aliphatic carbocycles. The van der Waals surface area contributed by atoms with Gasteiger partial charge in [0.2, 0.25) is 5.95 Å². The lowest BCUT2D eigenvalue weighted by atomic mass is 10.4. The fourth-order valence-corrected chi connectivity index (χ4v) is 2.49. The first-order valence-corrected chi connectivity index (χ1v) is 7.62. The molecule has 0 radical (unpaired) electrons. The molecule has 1 aliphatic rings. The van der Waals surface area contributed by atoms with Crippen molar-refractivity contribution < 1.29 is 9.84 Å². The molecule has 3 rings (SSSR count). The molecule has 0 spiro atoms. The molecule has 1 aliphatic heterocycles. The molecule has 0 aromatic carbocycles. The minimum absolute atomic E-state index is 0.0449. The molecule has 0 saturated carbocycles. The number of anilines is 2. The van der Waals surface area contributed by atoms with Gasteiger partial charge in [-0.25, -0.2) is 4.98 Å². The van der Waals surface area contributed by atoms with Gasteiger partial charge in [-0.15, -0.1) is 0 Å². The Bertz CT molecular complexity index is 636. The lowest BCUT2D eigenvalue weighted by Crippen LogP contribution is -2.37. The number of hydrogen-bond acceptors (Lipinski definition) is 7. The first kappa shape index (κ1) is 15.0. The number of rotatable bonds is 5. The normalized spacial score (nSPS) is 15.7. The highest BCUT2D eigenvalue weighted by molar-refractivity contribution is 5.84. The van der Waals surface area contributed by atoms with E-state index < -0.39 is 0 Å². The SMILES string of the molecule is CC(C)n1cnc2c(NCCO)nc(N3CCOCC3)nc21. The van der Waals surface area contributed by atoms with E-state index in [1.807, 2.05) is 4.57 Å². The summed E-state index contributed by atoms with van der Waals surface area (Å²) in [4.78, 5) is 15.8. The first-order valence-electron chi connectivity index (χ1n) is 7.62. The number of ether oxygens (including phenoxy) is 1. The van der Waals surface area contributed by atoms with Gasteiger partial charge in [0.05, 0.1) is 26.1 Å². The largest absolute Gasteiger partial charge is 0.395 e. The third kappa shape index (κ3) is 2.84. The van der Waals surface area contributed by atoms with Crippen LogP contribution in [-0.4, -0.2) is 64.1 Å². The summed E-state index contributed by atoms with van der Waals surface area (Å²) >= 11 is 0. The number of aliphatic hydroxyl groups excluding tert-OH is 1.